The van der Waals surface area contributed by atoms with Crippen molar-refractivity contribution < 1.29 is 4.39 Å². The lowest BCUT2D eigenvalue weighted by atomic mass is 9.99. The molecule has 0 aliphatic carbocycles. The van der Waals surface area contributed by atoms with Gasteiger partial charge in [-0.05, 0) is 18.1 Å². The van der Waals surface area contributed by atoms with Crippen LogP contribution >= 0.6 is 0 Å². The van der Waals surface area contributed by atoms with Crippen LogP contribution in [0.2, 0.25) is 0 Å². The number of rotatable bonds is 2. The van der Waals surface area contributed by atoms with Crippen LogP contribution < -0.4 is 11.1 Å². The molecule has 1 aliphatic heterocycles. The number of hydrogen-bond acceptors (Lipinski definition) is 3. The van der Waals surface area contributed by atoms with Gasteiger partial charge < -0.3 is 11.1 Å². The molecule has 4 heteroatoms. The third-order valence-electron chi connectivity index (χ3n) is 3.30. The standard InChI is InChI=1S/C14H14FN3/c15-12(11-5-2-7-18-14(11)16)10-4-1-3-9-6-8-17-13(9)10/h1-5,7,12,17H,6,8H2,(H2,16,18). The van der Waals surface area contributed by atoms with Gasteiger partial charge in [-0.3, -0.25) is 0 Å². The molecule has 3 nitrogen and oxygen atoms in total. The van der Waals surface area contributed by atoms with Crippen molar-refractivity contribution >= 4 is 11.5 Å². The minimum absolute atomic E-state index is 0.251. The largest absolute Gasteiger partial charge is 0.384 e. The van der Waals surface area contributed by atoms with Crippen LogP contribution in [0.4, 0.5) is 15.9 Å². The molecule has 3 rings (SSSR count). The lowest BCUT2D eigenvalue weighted by Crippen LogP contribution is -2.04. The molecule has 0 saturated carbocycles. The highest BCUT2D eigenvalue weighted by molar-refractivity contribution is 5.64. The van der Waals surface area contributed by atoms with Crippen LogP contribution in [0, 0.1) is 0 Å². The number of fused-ring (bicyclic) bond motifs is 1. The number of alkyl halides is 1. The van der Waals surface area contributed by atoms with Gasteiger partial charge >= 0.3 is 0 Å². The van der Waals surface area contributed by atoms with Gasteiger partial charge in [-0.2, -0.15) is 0 Å². The van der Waals surface area contributed by atoms with Crippen molar-refractivity contribution in [3.05, 3.63) is 53.2 Å². The highest BCUT2D eigenvalue weighted by Gasteiger charge is 2.22. The van der Waals surface area contributed by atoms with Crippen LogP contribution in [0.5, 0.6) is 0 Å². The second-order valence-corrected chi connectivity index (χ2v) is 4.40. The number of nitrogen functional groups attached to an aromatic ring is 1. The molecule has 2 aromatic rings. The molecular weight excluding hydrogens is 229 g/mol. The summed E-state index contributed by atoms with van der Waals surface area (Å²) in [6.45, 7) is 0.863. The first-order valence-electron chi connectivity index (χ1n) is 5.97. The number of para-hydroxylation sites is 1. The molecule has 1 atom stereocenters. The van der Waals surface area contributed by atoms with E-state index < -0.39 is 6.17 Å². The Bertz CT molecular complexity index is 583. The van der Waals surface area contributed by atoms with Crippen LogP contribution in [0.25, 0.3) is 0 Å². The monoisotopic (exact) mass is 243 g/mol. The van der Waals surface area contributed by atoms with Gasteiger partial charge in [-0.15, -0.1) is 0 Å². The normalized spacial score (nSPS) is 14.9. The first-order chi connectivity index (χ1) is 8.77. The van der Waals surface area contributed by atoms with Crippen molar-refractivity contribution in [2.75, 3.05) is 17.6 Å². The molecule has 3 N–H and O–H groups in total. The Kier molecular flexibility index (Phi) is 2.63. The second kappa shape index (κ2) is 4.29. The summed E-state index contributed by atoms with van der Waals surface area (Å²) in [7, 11) is 0. The molecule has 1 unspecified atom stereocenters. The molecule has 0 bridgehead atoms. The summed E-state index contributed by atoms with van der Waals surface area (Å²) in [5.74, 6) is 0.251. The van der Waals surface area contributed by atoms with Crippen LogP contribution in [-0.2, 0) is 6.42 Å². The smallest absolute Gasteiger partial charge is 0.156 e. The predicted octanol–water partition coefficient (Wildman–Crippen LogP) is 2.69. The Balaban J connectivity index is 2.06. The van der Waals surface area contributed by atoms with Gasteiger partial charge in [0.1, 0.15) is 5.82 Å². The zero-order chi connectivity index (χ0) is 12.5. The van der Waals surface area contributed by atoms with Crippen molar-refractivity contribution in [2.24, 2.45) is 0 Å². The molecule has 18 heavy (non-hydrogen) atoms. The van der Waals surface area contributed by atoms with Gasteiger partial charge in [0.15, 0.2) is 6.17 Å². The number of hydrogen-bond donors (Lipinski definition) is 2. The van der Waals surface area contributed by atoms with E-state index in [-0.39, 0.29) is 5.82 Å². The lowest BCUT2D eigenvalue weighted by molar-refractivity contribution is 0.403. The second-order valence-electron chi connectivity index (χ2n) is 4.40. The van der Waals surface area contributed by atoms with E-state index in [2.05, 4.69) is 10.3 Å². The molecule has 2 heterocycles. The average molecular weight is 243 g/mol. The summed E-state index contributed by atoms with van der Waals surface area (Å²) in [4.78, 5) is 3.94. The third-order valence-corrected chi connectivity index (χ3v) is 3.30. The number of pyridine rings is 1. The van der Waals surface area contributed by atoms with Crippen molar-refractivity contribution in [1.82, 2.24) is 4.98 Å². The molecule has 1 aliphatic rings. The van der Waals surface area contributed by atoms with Crippen molar-refractivity contribution in [2.45, 2.75) is 12.6 Å². The minimum Gasteiger partial charge on any atom is -0.384 e. The molecule has 0 amide bonds. The lowest BCUT2D eigenvalue weighted by Gasteiger charge is -2.14. The first kappa shape index (κ1) is 11.0. The van der Waals surface area contributed by atoms with Crippen molar-refractivity contribution in [1.29, 1.82) is 0 Å². The first-order valence-corrected chi connectivity index (χ1v) is 5.97. The average Bonchev–Trinajstić information content (AvgIpc) is 2.86. The zero-order valence-electron chi connectivity index (χ0n) is 9.86. The van der Waals surface area contributed by atoms with Crippen LogP contribution in [0.3, 0.4) is 0 Å². The van der Waals surface area contributed by atoms with E-state index in [0.29, 0.717) is 11.1 Å². The Labute approximate surface area is 105 Å². The van der Waals surface area contributed by atoms with Crippen LogP contribution in [0.1, 0.15) is 22.9 Å². The molecule has 1 aromatic heterocycles. The fourth-order valence-electron chi connectivity index (χ4n) is 2.39. The maximum Gasteiger partial charge on any atom is 0.156 e. The number of anilines is 2. The number of aromatic nitrogens is 1. The summed E-state index contributed by atoms with van der Waals surface area (Å²) in [6, 6.07) is 9.10. The van der Waals surface area contributed by atoms with Gasteiger partial charge in [0, 0.05) is 29.6 Å². The van der Waals surface area contributed by atoms with Crippen molar-refractivity contribution in [3.8, 4) is 0 Å². The number of nitrogens with one attached hydrogen (secondary N) is 1. The molecule has 0 spiro atoms. The summed E-state index contributed by atoms with van der Waals surface area (Å²) >= 11 is 0. The third kappa shape index (κ3) is 1.70. The summed E-state index contributed by atoms with van der Waals surface area (Å²) in [5.41, 5.74) is 8.88. The number of halogens is 1. The quantitative estimate of drug-likeness (QED) is 0.852. The van der Waals surface area contributed by atoms with Crippen LogP contribution in [0.15, 0.2) is 36.5 Å². The fraction of sp³-hybridized carbons (Fsp3) is 0.214. The highest BCUT2D eigenvalue weighted by Crippen LogP contribution is 2.37. The van der Waals surface area contributed by atoms with E-state index in [1.165, 1.54) is 0 Å². The molecule has 1 aromatic carbocycles. The molecular formula is C14H14FN3. The van der Waals surface area contributed by atoms with Gasteiger partial charge in [0.25, 0.3) is 0 Å². The van der Waals surface area contributed by atoms with E-state index in [0.717, 1.165) is 24.2 Å². The summed E-state index contributed by atoms with van der Waals surface area (Å²) in [6.07, 6.45) is 1.27. The van der Waals surface area contributed by atoms with E-state index in [1.54, 1.807) is 24.4 Å². The highest BCUT2D eigenvalue weighted by atomic mass is 19.1. The van der Waals surface area contributed by atoms with Gasteiger partial charge in [0.2, 0.25) is 0 Å². The number of nitrogens with zero attached hydrogens (tertiary/aromatic N) is 1. The Morgan fingerprint density at radius 3 is 2.89 bits per heavy atom. The topological polar surface area (TPSA) is 50.9 Å². The van der Waals surface area contributed by atoms with Gasteiger partial charge in [0.05, 0.1) is 0 Å². The van der Waals surface area contributed by atoms with E-state index >= 15 is 0 Å². The Hall–Kier alpha value is -2.10. The van der Waals surface area contributed by atoms with Crippen LogP contribution in [-0.4, -0.2) is 11.5 Å². The summed E-state index contributed by atoms with van der Waals surface area (Å²) in [5, 5.41) is 3.24. The zero-order valence-corrected chi connectivity index (χ0v) is 9.86. The molecule has 0 fully saturated rings. The fourth-order valence-corrected chi connectivity index (χ4v) is 2.39. The van der Waals surface area contributed by atoms with Crippen molar-refractivity contribution in [3.63, 3.8) is 0 Å². The molecule has 92 valence electrons. The van der Waals surface area contributed by atoms with E-state index in [9.17, 15) is 4.39 Å². The number of benzene rings is 1. The molecule has 0 saturated heterocycles. The van der Waals surface area contributed by atoms with Gasteiger partial charge in [-0.1, -0.05) is 24.3 Å². The molecule has 0 radical (unpaired) electrons. The predicted molar refractivity (Wildman–Crippen MR) is 70.2 cm³/mol. The Morgan fingerprint density at radius 2 is 2.06 bits per heavy atom. The van der Waals surface area contributed by atoms with E-state index in [4.69, 9.17) is 5.73 Å². The SMILES string of the molecule is Nc1ncccc1C(F)c1cccc2c1NCC2. The minimum atomic E-state index is -1.24. The maximum atomic E-state index is 14.6. The number of nitrogens with two attached hydrogens (primary N) is 1. The van der Waals surface area contributed by atoms with Gasteiger partial charge in [-0.25, -0.2) is 9.37 Å². The van der Waals surface area contributed by atoms with E-state index in [1.807, 2.05) is 12.1 Å². The maximum absolute atomic E-state index is 14.6. The summed E-state index contributed by atoms with van der Waals surface area (Å²) < 4.78 is 14.6. The Morgan fingerprint density at radius 1 is 1.22 bits per heavy atom.